The number of carbonyl (C=O) groups excluding carboxylic acids is 1. The topological polar surface area (TPSA) is 40.5 Å². The van der Waals surface area contributed by atoms with Gasteiger partial charge in [-0.05, 0) is 31.4 Å². The van der Waals surface area contributed by atoms with Gasteiger partial charge in [0, 0.05) is 30.7 Å². The Labute approximate surface area is 113 Å². The Morgan fingerprint density at radius 1 is 1.28 bits per heavy atom. The van der Waals surface area contributed by atoms with Crippen LogP contribution in [0.3, 0.4) is 0 Å². The van der Waals surface area contributed by atoms with Gasteiger partial charge in [-0.2, -0.15) is 11.8 Å². The van der Waals surface area contributed by atoms with Crippen LogP contribution in [-0.2, 0) is 4.79 Å². The van der Waals surface area contributed by atoms with Crippen molar-refractivity contribution >= 4 is 17.7 Å². The summed E-state index contributed by atoms with van der Waals surface area (Å²) >= 11 is 1.90. The summed E-state index contributed by atoms with van der Waals surface area (Å²) in [6, 6.07) is 0. The molecule has 3 unspecified atom stereocenters. The molecule has 3 aliphatic rings. The lowest BCUT2D eigenvalue weighted by Crippen LogP contribution is -2.55. The first-order valence-electron chi connectivity index (χ1n) is 7.28. The lowest BCUT2D eigenvalue weighted by molar-refractivity contribution is -0.146. The molecule has 18 heavy (non-hydrogen) atoms. The van der Waals surface area contributed by atoms with Crippen molar-refractivity contribution in [3.05, 3.63) is 0 Å². The van der Waals surface area contributed by atoms with Gasteiger partial charge in [-0.3, -0.25) is 4.79 Å². The van der Waals surface area contributed by atoms with Crippen molar-refractivity contribution in [2.45, 2.75) is 44.1 Å². The molecule has 1 aliphatic carbocycles. The Morgan fingerprint density at radius 2 is 2.17 bits per heavy atom. The van der Waals surface area contributed by atoms with Crippen molar-refractivity contribution in [1.29, 1.82) is 0 Å². The average Bonchev–Trinajstić information content (AvgIpc) is 2.90. The molecule has 2 aliphatic heterocycles. The summed E-state index contributed by atoms with van der Waals surface area (Å²) in [5, 5.41) is 10.6. The van der Waals surface area contributed by atoms with Crippen LogP contribution in [0, 0.1) is 11.8 Å². The number of hydrogen-bond donors (Lipinski definition) is 1. The fraction of sp³-hybridized carbons (Fsp3) is 0.929. The molecule has 0 aromatic heterocycles. The standard InChI is InChI=1S/C14H23NO2S/c16-13(11-4-8-18-10-11)15-7-6-14(17)5-2-1-3-12(14)9-15/h11-12,17H,1-10H2. The van der Waals surface area contributed by atoms with Crippen LogP contribution in [0.5, 0.6) is 0 Å². The van der Waals surface area contributed by atoms with Crippen LogP contribution in [0.4, 0.5) is 0 Å². The van der Waals surface area contributed by atoms with E-state index in [1.165, 1.54) is 6.42 Å². The van der Waals surface area contributed by atoms with Crippen LogP contribution in [0.25, 0.3) is 0 Å². The summed E-state index contributed by atoms with van der Waals surface area (Å²) in [7, 11) is 0. The van der Waals surface area contributed by atoms with E-state index in [0.29, 0.717) is 11.8 Å². The smallest absolute Gasteiger partial charge is 0.226 e. The largest absolute Gasteiger partial charge is 0.389 e. The third-order valence-electron chi connectivity index (χ3n) is 5.02. The van der Waals surface area contributed by atoms with Crippen LogP contribution < -0.4 is 0 Å². The minimum Gasteiger partial charge on any atom is -0.389 e. The molecule has 1 amide bonds. The Balaban J connectivity index is 1.64. The fourth-order valence-corrected chi connectivity index (χ4v) is 4.97. The normalized spacial score (nSPS) is 40.6. The van der Waals surface area contributed by atoms with Gasteiger partial charge < -0.3 is 10.0 Å². The van der Waals surface area contributed by atoms with Crippen LogP contribution in [-0.4, -0.2) is 46.1 Å². The SMILES string of the molecule is O=C(C1CCSC1)N1CCC2(O)CCCCC2C1. The Kier molecular flexibility index (Phi) is 3.59. The lowest BCUT2D eigenvalue weighted by Gasteiger charge is -2.47. The van der Waals surface area contributed by atoms with Gasteiger partial charge in [-0.1, -0.05) is 12.8 Å². The molecular weight excluding hydrogens is 246 g/mol. The molecule has 102 valence electrons. The molecule has 0 spiro atoms. The highest BCUT2D eigenvalue weighted by molar-refractivity contribution is 7.99. The number of piperidine rings is 1. The van der Waals surface area contributed by atoms with E-state index in [1.807, 2.05) is 16.7 Å². The minimum absolute atomic E-state index is 0.254. The summed E-state index contributed by atoms with van der Waals surface area (Å²) in [5.74, 6) is 3.08. The molecule has 4 heteroatoms. The van der Waals surface area contributed by atoms with E-state index in [9.17, 15) is 9.90 Å². The van der Waals surface area contributed by atoms with Crippen LogP contribution >= 0.6 is 11.8 Å². The summed E-state index contributed by atoms with van der Waals surface area (Å²) in [6.45, 7) is 1.57. The van der Waals surface area contributed by atoms with E-state index in [4.69, 9.17) is 0 Å². The van der Waals surface area contributed by atoms with Gasteiger partial charge >= 0.3 is 0 Å². The summed E-state index contributed by atoms with van der Waals surface area (Å²) in [5.41, 5.74) is -0.459. The number of nitrogens with zero attached hydrogens (tertiary/aromatic N) is 1. The van der Waals surface area contributed by atoms with Crippen molar-refractivity contribution in [2.24, 2.45) is 11.8 Å². The molecule has 2 saturated heterocycles. The maximum atomic E-state index is 12.4. The monoisotopic (exact) mass is 269 g/mol. The molecular formula is C14H23NO2S. The zero-order valence-electron chi connectivity index (χ0n) is 10.9. The molecule has 3 fully saturated rings. The molecule has 1 saturated carbocycles. The van der Waals surface area contributed by atoms with Crippen LogP contribution in [0.15, 0.2) is 0 Å². The van der Waals surface area contributed by atoms with Gasteiger partial charge in [0.05, 0.1) is 5.60 Å². The Morgan fingerprint density at radius 3 is 2.94 bits per heavy atom. The van der Waals surface area contributed by atoms with Gasteiger partial charge in [0.2, 0.25) is 5.91 Å². The number of fused-ring (bicyclic) bond motifs is 1. The molecule has 1 N–H and O–H groups in total. The van der Waals surface area contributed by atoms with Crippen molar-refractivity contribution in [3.8, 4) is 0 Å². The zero-order valence-corrected chi connectivity index (χ0v) is 11.8. The third-order valence-corrected chi connectivity index (χ3v) is 6.18. The molecule has 0 aromatic rings. The van der Waals surface area contributed by atoms with Crippen molar-refractivity contribution < 1.29 is 9.90 Å². The van der Waals surface area contributed by atoms with Gasteiger partial charge in [0.15, 0.2) is 0 Å². The number of amides is 1. The van der Waals surface area contributed by atoms with Crippen molar-refractivity contribution in [3.63, 3.8) is 0 Å². The first kappa shape index (κ1) is 12.8. The van der Waals surface area contributed by atoms with Gasteiger partial charge in [0.1, 0.15) is 0 Å². The predicted molar refractivity (Wildman–Crippen MR) is 73.5 cm³/mol. The van der Waals surface area contributed by atoms with E-state index in [2.05, 4.69) is 0 Å². The number of thioether (sulfide) groups is 1. The number of likely N-dealkylation sites (tertiary alicyclic amines) is 1. The summed E-state index contributed by atoms with van der Waals surface area (Å²) in [6.07, 6.45) is 6.26. The number of rotatable bonds is 1. The highest BCUT2D eigenvalue weighted by atomic mass is 32.2. The molecule has 2 heterocycles. The molecule has 0 radical (unpaired) electrons. The maximum absolute atomic E-state index is 12.4. The molecule has 3 nitrogen and oxygen atoms in total. The van der Waals surface area contributed by atoms with E-state index < -0.39 is 5.60 Å². The van der Waals surface area contributed by atoms with Crippen LogP contribution in [0.2, 0.25) is 0 Å². The Hall–Kier alpha value is -0.220. The van der Waals surface area contributed by atoms with E-state index >= 15 is 0 Å². The summed E-state index contributed by atoms with van der Waals surface area (Å²) in [4.78, 5) is 14.5. The molecule has 3 atom stereocenters. The highest BCUT2D eigenvalue weighted by Gasteiger charge is 2.44. The minimum atomic E-state index is -0.459. The second-order valence-electron chi connectivity index (χ2n) is 6.14. The zero-order chi connectivity index (χ0) is 12.6. The molecule has 0 aromatic carbocycles. The Bertz CT molecular complexity index is 330. The second kappa shape index (κ2) is 5.04. The maximum Gasteiger partial charge on any atom is 0.226 e. The number of aliphatic hydroxyl groups is 1. The first-order valence-corrected chi connectivity index (χ1v) is 8.43. The third kappa shape index (κ3) is 2.29. The average molecular weight is 269 g/mol. The van der Waals surface area contributed by atoms with Gasteiger partial charge in [0.25, 0.3) is 0 Å². The van der Waals surface area contributed by atoms with Crippen molar-refractivity contribution in [2.75, 3.05) is 24.6 Å². The van der Waals surface area contributed by atoms with E-state index in [1.54, 1.807) is 0 Å². The van der Waals surface area contributed by atoms with Crippen molar-refractivity contribution in [1.82, 2.24) is 4.90 Å². The number of carbonyl (C=O) groups is 1. The highest BCUT2D eigenvalue weighted by Crippen LogP contribution is 2.40. The van der Waals surface area contributed by atoms with E-state index in [-0.39, 0.29) is 5.92 Å². The summed E-state index contributed by atoms with van der Waals surface area (Å²) < 4.78 is 0. The first-order chi connectivity index (χ1) is 8.69. The number of hydrogen-bond acceptors (Lipinski definition) is 3. The fourth-order valence-electron chi connectivity index (χ4n) is 3.76. The quantitative estimate of drug-likeness (QED) is 0.790. The van der Waals surface area contributed by atoms with E-state index in [0.717, 1.165) is 56.7 Å². The lowest BCUT2D eigenvalue weighted by atomic mass is 9.71. The van der Waals surface area contributed by atoms with Gasteiger partial charge in [-0.15, -0.1) is 0 Å². The molecule has 3 rings (SSSR count). The second-order valence-corrected chi connectivity index (χ2v) is 7.29. The van der Waals surface area contributed by atoms with Crippen LogP contribution in [0.1, 0.15) is 38.5 Å². The molecule has 0 bridgehead atoms. The van der Waals surface area contributed by atoms with Gasteiger partial charge in [-0.25, -0.2) is 0 Å². The predicted octanol–water partition coefficient (Wildman–Crippen LogP) is 1.89.